The Bertz CT molecular complexity index is 1590. The lowest BCUT2D eigenvalue weighted by Gasteiger charge is -2.27. The van der Waals surface area contributed by atoms with E-state index in [1.807, 2.05) is 25.1 Å². The third kappa shape index (κ3) is 4.54. The lowest BCUT2D eigenvalue weighted by atomic mass is 9.85. The summed E-state index contributed by atoms with van der Waals surface area (Å²) in [6.07, 6.45) is 2.05. The number of oxazole rings is 1. The van der Waals surface area contributed by atoms with Crippen LogP contribution in [0.1, 0.15) is 48.4 Å². The van der Waals surface area contributed by atoms with Crippen LogP contribution in [0.15, 0.2) is 68.7 Å². The summed E-state index contributed by atoms with van der Waals surface area (Å²) >= 11 is 0. The van der Waals surface area contributed by atoms with Crippen molar-refractivity contribution < 1.29 is 17.2 Å². The molecule has 0 amide bonds. The molecule has 0 spiro atoms. The lowest BCUT2D eigenvalue weighted by molar-refractivity contribution is 0.450. The van der Waals surface area contributed by atoms with E-state index in [1.54, 1.807) is 17.6 Å². The van der Waals surface area contributed by atoms with Gasteiger partial charge in [0, 0.05) is 6.07 Å². The van der Waals surface area contributed by atoms with E-state index in [-0.39, 0.29) is 22.3 Å². The second-order valence-electron chi connectivity index (χ2n) is 9.10. The molecule has 0 saturated carbocycles. The molecule has 2 N–H and O–H groups in total. The normalized spacial score (nSPS) is 15.8. The Kier molecular flexibility index (Phi) is 6.40. The molecule has 188 valence electrons. The van der Waals surface area contributed by atoms with Gasteiger partial charge in [-0.2, -0.15) is 4.39 Å². The van der Waals surface area contributed by atoms with Crippen LogP contribution in [0.25, 0.3) is 11.1 Å². The number of rotatable bonds is 6. The predicted octanol–water partition coefficient (Wildman–Crippen LogP) is 4.31. The molecule has 1 aliphatic heterocycles. The standard InChI is InChI=1S/C26H27FN4O4S/c1-16-14-21-22(15-23(16)36(33,34)30-25-9-5-8-24(27)29-25)35-26(32)31(21)17(2)19-6-3-4-7-20(19)18-10-12-28-13-11-18/h3-9,14-15,17-18,28H,10-13H2,1-2H3,(H,29,30). The minimum Gasteiger partial charge on any atom is -0.408 e. The second kappa shape index (κ2) is 9.51. The number of nitrogens with zero attached hydrogens (tertiary/aromatic N) is 2. The summed E-state index contributed by atoms with van der Waals surface area (Å²) < 4.78 is 48.9. The van der Waals surface area contributed by atoms with Crippen LogP contribution in [0.4, 0.5) is 10.2 Å². The van der Waals surface area contributed by atoms with Crippen LogP contribution in [0, 0.1) is 12.9 Å². The highest BCUT2D eigenvalue weighted by atomic mass is 32.2. The van der Waals surface area contributed by atoms with Crippen molar-refractivity contribution in [3.8, 4) is 0 Å². The van der Waals surface area contributed by atoms with Crippen LogP contribution in [0.2, 0.25) is 0 Å². The smallest absolute Gasteiger partial charge is 0.408 e. The number of halogens is 1. The number of pyridine rings is 1. The van der Waals surface area contributed by atoms with Crippen molar-refractivity contribution in [2.75, 3.05) is 17.8 Å². The van der Waals surface area contributed by atoms with Gasteiger partial charge in [-0.1, -0.05) is 30.3 Å². The molecule has 0 bridgehead atoms. The summed E-state index contributed by atoms with van der Waals surface area (Å²) in [6, 6.07) is 14.6. The highest BCUT2D eigenvalue weighted by molar-refractivity contribution is 7.92. The van der Waals surface area contributed by atoms with Crippen LogP contribution in [-0.4, -0.2) is 31.1 Å². The van der Waals surface area contributed by atoms with Gasteiger partial charge in [0.2, 0.25) is 5.95 Å². The van der Waals surface area contributed by atoms with E-state index in [9.17, 15) is 17.6 Å². The van der Waals surface area contributed by atoms with Gasteiger partial charge in [-0.15, -0.1) is 0 Å². The van der Waals surface area contributed by atoms with Crippen molar-refractivity contribution in [1.29, 1.82) is 0 Å². The number of sulfonamides is 1. The van der Waals surface area contributed by atoms with Gasteiger partial charge >= 0.3 is 5.76 Å². The zero-order valence-corrected chi connectivity index (χ0v) is 20.8. The lowest BCUT2D eigenvalue weighted by Crippen LogP contribution is -2.28. The average Bonchev–Trinajstić information content (AvgIpc) is 3.18. The van der Waals surface area contributed by atoms with Crippen molar-refractivity contribution in [3.63, 3.8) is 0 Å². The fourth-order valence-electron chi connectivity index (χ4n) is 5.01. The number of nitrogens with one attached hydrogen (secondary N) is 2. The van der Waals surface area contributed by atoms with Crippen LogP contribution in [0.5, 0.6) is 0 Å². The number of anilines is 1. The first-order valence-corrected chi connectivity index (χ1v) is 13.3. The first-order chi connectivity index (χ1) is 17.2. The molecule has 10 heteroatoms. The molecule has 1 saturated heterocycles. The summed E-state index contributed by atoms with van der Waals surface area (Å²) in [7, 11) is -4.11. The van der Waals surface area contributed by atoms with E-state index in [1.165, 1.54) is 23.8 Å². The van der Waals surface area contributed by atoms with Crippen LogP contribution in [0.3, 0.4) is 0 Å². The molecular formula is C26H27FN4O4S. The monoisotopic (exact) mass is 510 g/mol. The summed E-state index contributed by atoms with van der Waals surface area (Å²) in [5, 5.41) is 3.39. The highest BCUT2D eigenvalue weighted by Gasteiger charge is 2.26. The third-order valence-corrected chi connectivity index (χ3v) is 8.26. The zero-order chi connectivity index (χ0) is 25.4. The van der Waals surface area contributed by atoms with Gasteiger partial charge in [-0.3, -0.25) is 9.29 Å². The van der Waals surface area contributed by atoms with Gasteiger partial charge in [0.1, 0.15) is 5.82 Å². The summed E-state index contributed by atoms with van der Waals surface area (Å²) in [4.78, 5) is 16.5. The van der Waals surface area contributed by atoms with Gasteiger partial charge < -0.3 is 9.73 Å². The fraction of sp³-hybridized carbons (Fsp3) is 0.308. The Morgan fingerprint density at radius 1 is 1.14 bits per heavy atom. The van der Waals surface area contributed by atoms with E-state index >= 15 is 0 Å². The summed E-state index contributed by atoms with van der Waals surface area (Å²) in [6.45, 7) is 5.51. The topological polar surface area (TPSA) is 106 Å². The van der Waals surface area contributed by atoms with Crippen molar-refractivity contribution in [1.82, 2.24) is 14.9 Å². The Morgan fingerprint density at radius 2 is 1.89 bits per heavy atom. The summed E-state index contributed by atoms with van der Waals surface area (Å²) in [5.41, 5.74) is 3.34. The Balaban J connectivity index is 1.55. The number of hydrogen-bond acceptors (Lipinski definition) is 6. The molecule has 5 rings (SSSR count). The highest BCUT2D eigenvalue weighted by Crippen LogP contribution is 2.34. The van der Waals surface area contributed by atoms with Crippen LogP contribution < -0.4 is 15.8 Å². The molecule has 1 fully saturated rings. The number of fused-ring (bicyclic) bond motifs is 1. The molecule has 1 aliphatic rings. The largest absolute Gasteiger partial charge is 0.420 e. The molecule has 2 aromatic carbocycles. The van der Waals surface area contributed by atoms with E-state index < -0.39 is 21.7 Å². The minimum atomic E-state index is -4.11. The number of benzene rings is 2. The van der Waals surface area contributed by atoms with Gasteiger partial charge in [0.05, 0.1) is 16.5 Å². The first kappa shape index (κ1) is 24.2. The number of aryl methyl sites for hydroxylation is 1. The minimum absolute atomic E-state index is 0.0790. The number of hydrogen-bond donors (Lipinski definition) is 2. The molecular weight excluding hydrogens is 483 g/mol. The van der Waals surface area contributed by atoms with E-state index in [0.717, 1.165) is 37.6 Å². The van der Waals surface area contributed by atoms with E-state index in [0.29, 0.717) is 17.0 Å². The van der Waals surface area contributed by atoms with Crippen molar-refractivity contribution in [2.45, 2.75) is 43.5 Å². The molecule has 1 unspecified atom stereocenters. The molecule has 8 nitrogen and oxygen atoms in total. The van der Waals surface area contributed by atoms with Crippen molar-refractivity contribution in [3.05, 3.63) is 87.8 Å². The zero-order valence-electron chi connectivity index (χ0n) is 20.0. The second-order valence-corrected chi connectivity index (χ2v) is 10.8. The number of piperidine rings is 1. The molecule has 0 aliphatic carbocycles. The maximum atomic E-state index is 13.4. The maximum Gasteiger partial charge on any atom is 0.420 e. The molecule has 3 heterocycles. The van der Waals surface area contributed by atoms with E-state index in [2.05, 4.69) is 21.1 Å². The summed E-state index contributed by atoms with van der Waals surface area (Å²) in [5.74, 6) is -1.10. The third-order valence-electron chi connectivity index (χ3n) is 6.77. The fourth-order valence-corrected chi connectivity index (χ4v) is 6.26. The molecule has 2 aromatic heterocycles. The van der Waals surface area contributed by atoms with Gasteiger partial charge in [-0.25, -0.2) is 18.2 Å². The molecule has 0 radical (unpaired) electrons. The Morgan fingerprint density at radius 3 is 2.64 bits per heavy atom. The van der Waals surface area contributed by atoms with Gasteiger partial charge in [0.25, 0.3) is 10.0 Å². The van der Waals surface area contributed by atoms with Crippen LogP contribution >= 0.6 is 0 Å². The Hall–Kier alpha value is -3.50. The predicted molar refractivity (Wildman–Crippen MR) is 135 cm³/mol. The molecule has 36 heavy (non-hydrogen) atoms. The molecule has 1 atom stereocenters. The van der Waals surface area contributed by atoms with Gasteiger partial charge in [-0.05, 0) is 80.6 Å². The first-order valence-electron chi connectivity index (χ1n) is 11.8. The quantitative estimate of drug-likeness (QED) is 0.375. The SMILES string of the molecule is Cc1cc2c(cc1S(=O)(=O)Nc1cccc(F)n1)oc(=O)n2C(C)c1ccccc1C1CCNCC1. The van der Waals surface area contributed by atoms with Gasteiger partial charge in [0.15, 0.2) is 5.58 Å². The maximum absolute atomic E-state index is 13.4. The van der Waals surface area contributed by atoms with E-state index in [4.69, 9.17) is 4.42 Å². The Labute approximate surface area is 208 Å². The molecule has 4 aromatic rings. The van der Waals surface area contributed by atoms with Crippen LogP contribution in [-0.2, 0) is 10.0 Å². The average molecular weight is 511 g/mol. The van der Waals surface area contributed by atoms with Crippen molar-refractivity contribution >= 4 is 26.9 Å². The number of aromatic nitrogens is 2. The van der Waals surface area contributed by atoms with Crippen molar-refractivity contribution in [2.24, 2.45) is 0 Å².